The Labute approximate surface area is 120 Å². The highest BCUT2D eigenvalue weighted by Crippen LogP contribution is 2.18. The first-order chi connectivity index (χ1) is 10.1. The maximum absolute atomic E-state index is 11.7. The summed E-state index contributed by atoms with van der Waals surface area (Å²) in [6.45, 7) is 0. The lowest BCUT2D eigenvalue weighted by Gasteiger charge is -2.04. The van der Waals surface area contributed by atoms with Crippen LogP contribution in [0.5, 0.6) is 11.5 Å². The van der Waals surface area contributed by atoms with Gasteiger partial charge in [0.1, 0.15) is 17.1 Å². The number of carbonyl (C=O) groups excluding carboxylic acids is 1. The molecule has 0 spiro atoms. The van der Waals surface area contributed by atoms with E-state index >= 15 is 0 Å². The van der Waals surface area contributed by atoms with Crippen LogP contribution in [0.4, 0.5) is 0 Å². The van der Waals surface area contributed by atoms with E-state index in [2.05, 4.69) is 0 Å². The van der Waals surface area contributed by atoms with Crippen LogP contribution in [0.1, 0.15) is 15.9 Å². The molecule has 0 atom stereocenters. The number of carboxylic acids is 1. The minimum Gasteiger partial charge on any atom is -0.508 e. The Bertz CT molecular complexity index is 686. The van der Waals surface area contributed by atoms with E-state index in [1.165, 1.54) is 36.4 Å². The monoisotopic (exact) mass is 284 g/mol. The fourth-order valence-electron chi connectivity index (χ4n) is 1.62. The summed E-state index contributed by atoms with van der Waals surface area (Å²) in [5, 5.41) is 18.1. The van der Waals surface area contributed by atoms with Crippen LogP contribution in [0.3, 0.4) is 0 Å². The molecule has 0 radical (unpaired) electrons. The first-order valence-corrected chi connectivity index (χ1v) is 6.07. The second-order valence-corrected chi connectivity index (χ2v) is 4.15. The Morgan fingerprint density at radius 3 is 2.33 bits per heavy atom. The van der Waals surface area contributed by atoms with Gasteiger partial charge in [0.2, 0.25) is 0 Å². The largest absolute Gasteiger partial charge is 0.508 e. The molecular weight excluding hydrogens is 272 g/mol. The molecule has 0 saturated heterocycles. The number of phenols is 1. The maximum Gasteiger partial charge on any atom is 0.339 e. The number of carbonyl (C=O) groups is 2. The minimum absolute atomic E-state index is 0.00893. The summed E-state index contributed by atoms with van der Waals surface area (Å²) in [5.74, 6) is -1.73. The number of hydrogen-bond acceptors (Lipinski definition) is 4. The van der Waals surface area contributed by atoms with E-state index in [1.54, 1.807) is 24.3 Å². The number of esters is 1. The maximum atomic E-state index is 11.7. The van der Waals surface area contributed by atoms with Crippen LogP contribution in [0, 0.1) is 0 Å². The molecule has 2 aromatic carbocycles. The van der Waals surface area contributed by atoms with Gasteiger partial charge in [-0.1, -0.05) is 24.3 Å². The average molecular weight is 284 g/mol. The van der Waals surface area contributed by atoms with Crippen molar-refractivity contribution in [3.63, 3.8) is 0 Å². The molecule has 0 fully saturated rings. The molecule has 0 aliphatic heterocycles. The first kappa shape index (κ1) is 14.3. The number of benzene rings is 2. The number of phenolic OH excluding ortho intramolecular Hbond substituents is 1. The zero-order valence-corrected chi connectivity index (χ0v) is 10.9. The molecule has 0 heterocycles. The van der Waals surface area contributed by atoms with Crippen molar-refractivity contribution >= 4 is 18.0 Å². The molecule has 2 N–H and O–H groups in total. The molecular formula is C16H12O5. The number of ether oxygens (including phenoxy) is 1. The van der Waals surface area contributed by atoms with E-state index in [9.17, 15) is 9.59 Å². The lowest BCUT2D eigenvalue weighted by Crippen LogP contribution is -2.08. The SMILES string of the molecule is O=C(C=Cc1ccc(O)cc1)Oc1ccccc1C(=O)O. The smallest absolute Gasteiger partial charge is 0.339 e. The third-order valence-corrected chi connectivity index (χ3v) is 2.63. The third-order valence-electron chi connectivity index (χ3n) is 2.63. The molecule has 0 aliphatic rings. The summed E-state index contributed by atoms with van der Waals surface area (Å²) in [7, 11) is 0. The molecule has 5 heteroatoms. The van der Waals surface area contributed by atoms with E-state index in [-0.39, 0.29) is 17.1 Å². The van der Waals surface area contributed by atoms with E-state index in [4.69, 9.17) is 14.9 Å². The highest BCUT2D eigenvalue weighted by molar-refractivity contribution is 5.94. The molecule has 0 amide bonds. The number of carboxylic acid groups (broad SMARTS) is 1. The van der Waals surface area contributed by atoms with Crippen LogP contribution >= 0.6 is 0 Å². The van der Waals surface area contributed by atoms with Crippen molar-refractivity contribution in [1.82, 2.24) is 0 Å². The Hall–Kier alpha value is -3.08. The van der Waals surface area contributed by atoms with Gasteiger partial charge >= 0.3 is 11.9 Å². The predicted octanol–water partition coefficient (Wildman–Crippen LogP) is 2.71. The first-order valence-electron chi connectivity index (χ1n) is 6.07. The van der Waals surface area contributed by atoms with Crippen LogP contribution in [0.15, 0.2) is 54.6 Å². The van der Waals surface area contributed by atoms with Crippen molar-refractivity contribution in [3.05, 3.63) is 65.7 Å². The molecule has 0 aromatic heterocycles. The fraction of sp³-hybridized carbons (Fsp3) is 0. The Kier molecular flexibility index (Phi) is 4.36. The van der Waals surface area contributed by atoms with Crippen LogP contribution in [0.25, 0.3) is 6.08 Å². The molecule has 0 bridgehead atoms. The summed E-state index contributed by atoms with van der Waals surface area (Å²) >= 11 is 0. The molecule has 2 aromatic rings. The standard InChI is InChI=1S/C16H12O5/c17-12-8-5-11(6-9-12)7-10-15(18)21-14-4-2-1-3-13(14)16(19)20/h1-10,17H,(H,19,20). The van der Waals surface area contributed by atoms with Gasteiger partial charge in [-0.05, 0) is 35.9 Å². The molecule has 21 heavy (non-hydrogen) atoms. The molecule has 2 rings (SSSR count). The van der Waals surface area contributed by atoms with Gasteiger partial charge in [0.05, 0.1) is 0 Å². The van der Waals surface area contributed by atoms with Crippen LogP contribution < -0.4 is 4.74 Å². The summed E-state index contributed by atoms with van der Waals surface area (Å²) in [6.07, 6.45) is 2.69. The van der Waals surface area contributed by atoms with E-state index in [0.29, 0.717) is 5.56 Å². The van der Waals surface area contributed by atoms with E-state index in [1.807, 2.05) is 0 Å². The van der Waals surface area contributed by atoms with Crippen molar-refractivity contribution in [2.24, 2.45) is 0 Å². The Balaban J connectivity index is 2.08. The number of para-hydroxylation sites is 1. The Morgan fingerprint density at radius 2 is 1.67 bits per heavy atom. The number of rotatable bonds is 4. The molecule has 0 saturated carbocycles. The second kappa shape index (κ2) is 6.38. The molecule has 106 valence electrons. The summed E-state index contributed by atoms with van der Waals surface area (Å²) in [6, 6.07) is 12.1. The van der Waals surface area contributed by atoms with Gasteiger partial charge in [-0.25, -0.2) is 9.59 Å². The van der Waals surface area contributed by atoms with Gasteiger partial charge in [0.15, 0.2) is 0 Å². The quantitative estimate of drug-likeness (QED) is 0.512. The van der Waals surface area contributed by atoms with Gasteiger partial charge in [0, 0.05) is 6.08 Å². The second-order valence-electron chi connectivity index (χ2n) is 4.15. The third kappa shape index (κ3) is 3.94. The van der Waals surface area contributed by atoms with E-state index in [0.717, 1.165) is 0 Å². The molecule has 5 nitrogen and oxygen atoms in total. The van der Waals surface area contributed by atoms with Crippen LogP contribution in [0.2, 0.25) is 0 Å². The number of aromatic carboxylic acids is 1. The minimum atomic E-state index is -1.17. The van der Waals surface area contributed by atoms with Gasteiger partial charge in [-0.15, -0.1) is 0 Å². The topological polar surface area (TPSA) is 83.8 Å². The van der Waals surface area contributed by atoms with Crippen molar-refractivity contribution in [1.29, 1.82) is 0 Å². The van der Waals surface area contributed by atoms with E-state index < -0.39 is 11.9 Å². The van der Waals surface area contributed by atoms with Crippen LogP contribution in [-0.2, 0) is 4.79 Å². The fourth-order valence-corrected chi connectivity index (χ4v) is 1.62. The van der Waals surface area contributed by atoms with Crippen LogP contribution in [-0.4, -0.2) is 22.2 Å². The van der Waals surface area contributed by atoms with Crippen molar-refractivity contribution in [3.8, 4) is 11.5 Å². The average Bonchev–Trinajstić information content (AvgIpc) is 2.47. The lowest BCUT2D eigenvalue weighted by molar-refractivity contribution is -0.128. The van der Waals surface area contributed by atoms with Gasteiger partial charge in [-0.3, -0.25) is 0 Å². The summed E-state index contributed by atoms with van der Waals surface area (Å²) in [5.41, 5.74) is 0.625. The normalized spacial score (nSPS) is 10.5. The van der Waals surface area contributed by atoms with Gasteiger partial charge in [-0.2, -0.15) is 0 Å². The highest BCUT2D eigenvalue weighted by Gasteiger charge is 2.12. The van der Waals surface area contributed by atoms with Gasteiger partial charge < -0.3 is 14.9 Å². The highest BCUT2D eigenvalue weighted by atomic mass is 16.5. The van der Waals surface area contributed by atoms with Crippen molar-refractivity contribution in [2.45, 2.75) is 0 Å². The zero-order chi connectivity index (χ0) is 15.2. The predicted molar refractivity (Wildman–Crippen MR) is 76.2 cm³/mol. The number of hydrogen-bond donors (Lipinski definition) is 2. The number of aromatic hydroxyl groups is 1. The van der Waals surface area contributed by atoms with Crippen molar-refractivity contribution in [2.75, 3.05) is 0 Å². The van der Waals surface area contributed by atoms with Gasteiger partial charge in [0.25, 0.3) is 0 Å². The van der Waals surface area contributed by atoms with Crippen molar-refractivity contribution < 1.29 is 24.5 Å². The zero-order valence-electron chi connectivity index (χ0n) is 10.9. The molecule has 0 aliphatic carbocycles. The summed E-state index contributed by atoms with van der Waals surface area (Å²) < 4.78 is 5.00. The lowest BCUT2D eigenvalue weighted by atomic mass is 10.2. The summed E-state index contributed by atoms with van der Waals surface area (Å²) in [4.78, 5) is 22.7. The Morgan fingerprint density at radius 1 is 1.00 bits per heavy atom. The molecule has 0 unspecified atom stereocenters.